The van der Waals surface area contributed by atoms with Gasteiger partial charge in [0.05, 0.1) is 12.0 Å². The molecule has 0 heterocycles. The predicted molar refractivity (Wildman–Crippen MR) is 66.5 cm³/mol. The average molecular weight is 253 g/mol. The Kier molecular flexibility index (Phi) is 3.47. The number of nitrogens with zero attached hydrogens (tertiary/aromatic N) is 1. The van der Waals surface area contributed by atoms with Crippen molar-refractivity contribution >= 4 is 15.8 Å². The van der Waals surface area contributed by atoms with Crippen molar-refractivity contribution in [2.45, 2.75) is 25.7 Å². The van der Waals surface area contributed by atoms with Crippen molar-refractivity contribution in [2.24, 2.45) is 5.16 Å². The number of benzene rings is 1. The molecule has 0 atom stereocenters. The van der Waals surface area contributed by atoms with Crippen LogP contribution in [0.3, 0.4) is 0 Å². The largest absolute Gasteiger partial charge is 0.325 e. The van der Waals surface area contributed by atoms with Crippen LogP contribution in [0.5, 0.6) is 0 Å². The van der Waals surface area contributed by atoms with E-state index in [-0.39, 0.29) is 0 Å². The maximum absolute atomic E-state index is 10.9. The molecule has 17 heavy (non-hydrogen) atoms. The molecule has 0 saturated carbocycles. The van der Waals surface area contributed by atoms with Crippen molar-refractivity contribution in [2.75, 3.05) is 6.26 Å². The van der Waals surface area contributed by atoms with Crippen molar-refractivity contribution in [1.82, 2.24) is 0 Å². The Morgan fingerprint density at radius 2 is 1.88 bits per heavy atom. The lowest BCUT2D eigenvalue weighted by molar-refractivity contribution is 0.342. The first-order chi connectivity index (χ1) is 8.06. The Morgan fingerprint density at radius 1 is 1.18 bits per heavy atom. The molecule has 1 aromatic carbocycles. The number of rotatable bonds is 2. The van der Waals surface area contributed by atoms with Gasteiger partial charge in [-0.15, -0.1) is 0 Å². The SMILES string of the molecule is CS(=O)(=O)O/N=C1\CCCCc2ccccc21. The van der Waals surface area contributed by atoms with Gasteiger partial charge in [-0.3, -0.25) is 4.28 Å². The zero-order valence-corrected chi connectivity index (χ0v) is 10.5. The minimum atomic E-state index is -3.53. The number of aryl methyl sites for hydroxylation is 1. The molecule has 0 bridgehead atoms. The number of fused-ring (bicyclic) bond motifs is 1. The van der Waals surface area contributed by atoms with Crippen LogP contribution in [0.1, 0.15) is 30.4 Å². The topological polar surface area (TPSA) is 55.7 Å². The van der Waals surface area contributed by atoms with E-state index in [0.29, 0.717) is 0 Å². The van der Waals surface area contributed by atoms with E-state index in [2.05, 4.69) is 15.5 Å². The summed E-state index contributed by atoms with van der Waals surface area (Å²) in [5.41, 5.74) is 2.94. The lowest BCUT2D eigenvalue weighted by atomic mass is 10.0. The predicted octanol–water partition coefficient (Wildman–Crippen LogP) is 2.09. The van der Waals surface area contributed by atoms with Gasteiger partial charge in [0.2, 0.25) is 0 Å². The fraction of sp³-hybridized carbons (Fsp3) is 0.417. The summed E-state index contributed by atoms with van der Waals surface area (Å²) >= 11 is 0. The van der Waals surface area contributed by atoms with E-state index in [4.69, 9.17) is 0 Å². The van der Waals surface area contributed by atoms with Crippen LogP contribution in [0.2, 0.25) is 0 Å². The molecule has 2 rings (SSSR count). The second-order valence-electron chi connectivity index (χ2n) is 4.18. The third kappa shape index (κ3) is 3.30. The molecule has 0 fully saturated rings. The summed E-state index contributed by atoms with van der Waals surface area (Å²) < 4.78 is 26.4. The fourth-order valence-corrected chi connectivity index (χ4v) is 2.20. The summed E-state index contributed by atoms with van der Waals surface area (Å²) in [6, 6.07) is 7.93. The van der Waals surface area contributed by atoms with Crippen LogP contribution in [-0.2, 0) is 20.8 Å². The smallest absolute Gasteiger partial charge is 0.268 e. The van der Waals surface area contributed by atoms with Gasteiger partial charge < -0.3 is 0 Å². The van der Waals surface area contributed by atoms with Crippen molar-refractivity contribution in [3.05, 3.63) is 35.4 Å². The second-order valence-corrected chi connectivity index (χ2v) is 5.74. The highest BCUT2D eigenvalue weighted by atomic mass is 32.2. The van der Waals surface area contributed by atoms with Crippen LogP contribution in [0.15, 0.2) is 29.4 Å². The maximum Gasteiger partial charge on any atom is 0.325 e. The van der Waals surface area contributed by atoms with Gasteiger partial charge >= 0.3 is 10.1 Å². The summed E-state index contributed by atoms with van der Waals surface area (Å²) in [7, 11) is -3.53. The zero-order chi connectivity index (χ0) is 12.3. The molecule has 4 nitrogen and oxygen atoms in total. The van der Waals surface area contributed by atoms with E-state index in [1.165, 1.54) is 5.56 Å². The Bertz CT molecular complexity index is 534. The molecular weight excluding hydrogens is 238 g/mol. The van der Waals surface area contributed by atoms with Gasteiger partial charge in [0, 0.05) is 5.56 Å². The van der Waals surface area contributed by atoms with Gasteiger partial charge in [0.15, 0.2) is 0 Å². The monoisotopic (exact) mass is 253 g/mol. The Hall–Kier alpha value is -1.36. The van der Waals surface area contributed by atoms with Crippen LogP contribution in [0.4, 0.5) is 0 Å². The Labute approximate surface area is 101 Å². The van der Waals surface area contributed by atoms with Crippen LogP contribution in [-0.4, -0.2) is 20.4 Å². The highest BCUT2D eigenvalue weighted by molar-refractivity contribution is 7.85. The molecule has 0 saturated heterocycles. The van der Waals surface area contributed by atoms with Crippen molar-refractivity contribution in [3.63, 3.8) is 0 Å². The summed E-state index contributed by atoms with van der Waals surface area (Å²) in [6.45, 7) is 0. The first-order valence-corrected chi connectivity index (χ1v) is 7.42. The van der Waals surface area contributed by atoms with E-state index in [1.807, 2.05) is 18.2 Å². The Morgan fingerprint density at radius 3 is 2.65 bits per heavy atom. The zero-order valence-electron chi connectivity index (χ0n) is 9.72. The highest BCUT2D eigenvalue weighted by Crippen LogP contribution is 2.21. The Balaban J connectivity index is 2.35. The molecule has 0 amide bonds. The van der Waals surface area contributed by atoms with E-state index < -0.39 is 10.1 Å². The third-order valence-electron chi connectivity index (χ3n) is 2.72. The highest BCUT2D eigenvalue weighted by Gasteiger charge is 2.14. The molecule has 5 heteroatoms. The molecule has 1 aromatic rings. The molecule has 92 valence electrons. The molecule has 0 aromatic heterocycles. The minimum absolute atomic E-state index is 0.725. The van der Waals surface area contributed by atoms with Crippen molar-refractivity contribution in [3.8, 4) is 0 Å². The van der Waals surface area contributed by atoms with E-state index in [1.54, 1.807) is 0 Å². The van der Waals surface area contributed by atoms with Crippen LogP contribution < -0.4 is 0 Å². The number of oxime groups is 1. The molecule has 0 spiro atoms. The quantitative estimate of drug-likeness (QED) is 0.599. The maximum atomic E-state index is 10.9. The van der Waals surface area contributed by atoms with Gasteiger partial charge in [-0.2, -0.15) is 8.42 Å². The summed E-state index contributed by atoms with van der Waals surface area (Å²) in [5.74, 6) is 0. The second kappa shape index (κ2) is 4.87. The first-order valence-electron chi connectivity index (χ1n) is 5.60. The van der Waals surface area contributed by atoms with Crippen LogP contribution in [0, 0.1) is 0 Å². The minimum Gasteiger partial charge on any atom is -0.268 e. The molecule has 1 aliphatic carbocycles. The van der Waals surface area contributed by atoms with Crippen molar-refractivity contribution < 1.29 is 12.7 Å². The van der Waals surface area contributed by atoms with Gasteiger partial charge in [-0.1, -0.05) is 29.4 Å². The van der Waals surface area contributed by atoms with Gasteiger partial charge in [-0.25, -0.2) is 0 Å². The molecule has 0 unspecified atom stereocenters. The molecule has 0 aliphatic heterocycles. The van der Waals surface area contributed by atoms with Gasteiger partial charge in [0.25, 0.3) is 0 Å². The number of hydrogen-bond donors (Lipinski definition) is 0. The lowest BCUT2D eigenvalue weighted by Gasteiger charge is -2.06. The third-order valence-corrected chi connectivity index (χ3v) is 3.07. The molecule has 0 radical (unpaired) electrons. The van der Waals surface area contributed by atoms with E-state index in [9.17, 15) is 8.42 Å². The fourth-order valence-electron chi connectivity index (χ4n) is 1.97. The van der Waals surface area contributed by atoms with E-state index in [0.717, 1.165) is 43.2 Å². The van der Waals surface area contributed by atoms with Gasteiger partial charge in [0.1, 0.15) is 0 Å². The molecular formula is C12H15NO3S. The van der Waals surface area contributed by atoms with Crippen molar-refractivity contribution in [1.29, 1.82) is 0 Å². The van der Waals surface area contributed by atoms with Gasteiger partial charge in [-0.05, 0) is 31.2 Å². The van der Waals surface area contributed by atoms with Crippen LogP contribution in [0.25, 0.3) is 0 Å². The normalized spacial score (nSPS) is 18.5. The van der Waals surface area contributed by atoms with Crippen LogP contribution >= 0.6 is 0 Å². The summed E-state index contributed by atoms with van der Waals surface area (Å²) in [6.07, 6.45) is 4.86. The lowest BCUT2D eigenvalue weighted by Crippen LogP contribution is -2.05. The summed E-state index contributed by atoms with van der Waals surface area (Å²) in [4.78, 5) is 0. The van der Waals surface area contributed by atoms with E-state index >= 15 is 0 Å². The average Bonchev–Trinajstić information content (AvgIpc) is 2.47. The standard InChI is InChI=1S/C12H15NO3S/c1-17(14,15)16-13-12-9-5-3-7-10-6-2-4-8-11(10)12/h2,4,6,8H,3,5,7,9H2,1H3/b13-12+. The molecule has 1 aliphatic rings. The summed E-state index contributed by atoms with van der Waals surface area (Å²) in [5, 5.41) is 3.78. The first kappa shape index (κ1) is 12.1. The number of hydrogen-bond acceptors (Lipinski definition) is 4. The molecule has 0 N–H and O–H groups in total.